The van der Waals surface area contributed by atoms with Crippen molar-refractivity contribution in [3.05, 3.63) is 0 Å². The first kappa shape index (κ1) is 9.52. The molecule has 0 unspecified atom stereocenters. The van der Waals surface area contributed by atoms with E-state index in [0.29, 0.717) is 13.0 Å². The SMILES string of the molecule is CCOC(=O)[C@H]1C[C@@H](C)[C@@H](O)C1. The van der Waals surface area contributed by atoms with Crippen LogP contribution >= 0.6 is 0 Å². The van der Waals surface area contributed by atoms with Crippen LogP contribution in [0.5, 0.6) is 0 Å². The zero-order valence-corrected chi connectivity index (χ0v) is 7.62. The van der Waals surface area contributed by atoms with Crippen LogP contribution in [0, 0.1) is 11.8 Å². The first-order chi connectivity index (χ1) is 5.65. The molecule has 0 heterocycles. The van der Waals surface area contributed by atoms with Gasteiger partial charge in [0.25, 0.3) is 0 Å². The molecule has 70 valence electrons. The average molecular weight is 172 g/mol. The summed E-state index contributed by atoms with van der Waals surface area (Å²) in [6.07, 6.45) is 1.01. The number of carbonyl (C=O) groups is 1. The molecular formula is C9H16O3. The highest BCUT2D eigenvalue weighted by atomic mass is 16.5. The van der Waals surface area contributed by atoms with Crippen molar-refractivity contribution >= 4 is 5.97 Å². The normalized spacial score (nSPS) is 35.1. The average Bonchev–Trinajstić information content (AvgIpc) is 2.33. The summed E-state index contributed by atoms with van der Waals surface area (Å²) >= 11 is 0. The Morgan fingerprint density at radius 3 is 2.67 bits per heavy atom. The van der Waals surface area contributed by atoms with Crippen molar-refractivity contribution in [2.24, 2.45) is 11.8 Å². The van der Waals surface area contributed by atoms with Gasteiger partial charge >= 0.3 is 5.97 Å². The Bertz CT molecular complexity index is 157. The summed E-state index contributed by atoms with van der Waals surface area (Å²) in [5.74, 6) is 0.00950. The highest BCUT2D eigenvalue weighted by Crippen LogP contribution is 2.31. The Labute approximate surface area is 72.7 Å². The van der Waals surface area contributed by atoms with E-state index in [1.165, 1.54) is 0 Å². The van der Waals surface area contributed by atoms with Crippen LogP contribution in [0.15, 0.2) is 0 Å². The van der Waals surface area contributed by atoms with Crippen molar-refractivity contribution < 1.29 is 14.6 Å². The van der Waals surface area contributed by atoms with Crippen LogP contribution in [0.1, 0.15) is 26.7 Å². The largest absolute Gasteiger partial charge is 0.466 e. The Balaban J connectivity index is 2.40. The third-order valence-electron chi connectivity index (χ3n) is 2.46. The summed E-state index contributed by atoms with van der Waals surface area (Å²) in [6, 6.07) is 0. The Hall–Kier alpha value is -0.570. The van der Waals surface area contributed by atoms with E-state index in [1.54, 1.807) is 6.92 Å². The second-order valence-corrected chi connectivity index (χ2v) is 3.47. The zero-order chi connectivity index (χ0) is 9.14. The van der Waals surface area contributed by atoms with E-state index in [1.807, 2.05) is 6.92 Å². The lowest BCUT2D eigenvalue weighted by Crippen LogP contribution is -2.15. The van der Waals surface area contributed by atoms with Crippen LogP contribution in [0.3, 0.4) is 0 Å². The molecule has 0 saturated heterocycles. The maximum absolute atomic E-state index is 11.2. The maximum Gasteiger partial charge on any atom is 0.309 e. The number of aliphatic hydroxyl groups excluding tert-OH is 1. The molecule has 0 aromatic rings. The van der Waals surface area contributed by atoms with Crippen LogP contribution < -0.4 is 0 Å². The molecule has 0 aromatic heterocycles. The van der Waals surface area contributed by atoms with E-state index in [4.69, 9.17) is 4.74 Å². The molecule has 0 amide bonds. The van der Waals surface area contributed by atoms with Gasteiger partial charge in [0.15, 0.2) is 0 Å². The van der Waals surface area contributed by atoms with Crippen LogP contribution in [-0.4, -0.2) is 23.8 Å². The predicted octanol–water partition coefficient (Wildman–Crippen LogP) is 0.957. The van der Waals surface area contributed by atoms with Crippen molar-refractivity contribution in [1.29, 1.82) is 0 Å². The summed E-state index contributed by atoms with van der Waals surface area (Å²) in [5.41, 5.74) is 0. The third kappa shape index (κ3) is 1.97. The first-order valence-corrected chi connectivity index (χ1v) is 4.49. The molecule has 0 radical (unpaired) electrons. The molecule has 3 atom stereocenters. The summed E-state index contributed by atoms with van der Waals surface area (Å²) in [7, 11) is 0. The fourth-order valence-corrected chi connectivity index (χ4v) is 1.68. The monoisotopic (exact) mass is 172 g/mol. The Morgan fingerprint density at radius 1 is 1.58 bits per heavy atom. The smallest absolute Gasteiger partial charge is 0.309 e. The molecule has 0 spiro atoms. The van der Waals surface area contributed by atoms with E-state index < -0.39 is 0 Å². The summed E-state index contributed by atoms with van der Waals surface area (Å²) in [4.78, 5) is 11.2. The quantitative estimate of drug-likeness (QED) is 0.631. The summed E-state index contributed by atoms with van der Waals surface area (Å²) in [6.45, 7) is 4.19. The second kappa shape index (κ2) is 3.90. The highest BCUT2D eigenvalue weighted by molar-refractivity contribution is 5.72. The van der Waals surface area contributed by atoms with E-state index in [2.05, 4.69) is 0 Å². The fourth-order valence-electron chi connectivity index (χ4n) is 1.68. The summed E-state index contributed by atoms with van der Waals surface area (Å²) in [5, 5.41) is 9.38. The Morgan fingerprint density at radius 2 is 2.25 bits per heavy atom. The summed E-state index contributed by atoms with van der Waals surface area (Å²) < 4.78 is 4.87. The molecule has 1 N–H and O–H groups in total. The molecule has 3 heteroatoms. The number of hydrogen-bond acceptors (Lipinski definition) is 3. The van der Waals surface area contributed by atoms with Crippen LogP contribution in [0.25, 0.3) is 0 Å². The molecule has 12 heavy (non-hydrogen) atoms. The van der Waals surface area contributed by atoms with Gasteiger partial charge in [-0.1, -0.05) is 6.92 Å². The molecule has 3 nitrogen and oxygen atoms in total. The number of aliphatic hydroxyl groups is 1. The molecule has 1 fully saturated rings. The second-order valence-electron chi connectivity index (χ2n) is 3.47. The van der Waals surface area contributed by atoms with Crippen molar-refractivity contribution in [2.45, 2.75) is 32.8 Å². The standard InChI is InChI=1S/C9H16O3/c1-3-12-9(11)7-4-6(2)8(10)5-7/h6-8,10H,3-5H2,1-2H3/t6-,7+,8+/m1/s1. The molecule has 1 rings (SSSR count). The van der Waals surface area contributed by atoms with Gasteiger partial charge in [-0.2, -0.15) is 0 Å². The van der Waals surface area contributed by atoms with Crippen molar-refractivity contribution in [3.63, 3.8) is 0 Å². The molecular weight excluding hydrogens is 156 g/mol. The number of carbonyl (C=O) groups excluding carboxylic acids is 1. The van der Waals surface area contributed by atoms with Crippen molar-refractivity contribution in [2.75, 3.05) is 6.61 Å². The van der Waals surface area contributed by atoms with Gasteiger partial charge < -0.3 is 9.84 Å². The lowest BCUT2D eigenvalue weighted by Gasteiger charge is -2.06. The number of esters is 1. The lowest BCUT2D eigenvalue weighted by atomic mass is 10.1. The van der Waals surface area contributed by atoms with E-state index >= 15 is 0 Å². The van der Waals surface area contributed by atoms with Crippen LogP contribution in [-0.2, 0) is 9.53 Å². The molecule has 1 aliphatic carbocycles. The van der Waals surface area contributed by atoms with Gasteiger partial charge in [-0.25, -0.2) is 0 Å². The van der Waals surface area contributed by atoms with E-state index in [-0.39, 0.29) is 23.9 Å². The van der Waals surface area contributed by atoms with Gasteiger partial charge in [0, 0.05) is 0 Å². The van der Waals surface area contributed by atoms with Crippen LogP contribution in [0.4, 0.5) is 0 Å². The van der Waals surface area contributed by atoms with Crippen LogP contribution in [0.2, 0.25) is 0 Å². The van der Waals surface area contributed by atoms with Gasteiger partial charge in [0.2, 0.25) is 0 Å². The van der Waals surface area contributed by atoms with E-state index in [9.17, 15) is 9.90 Å². The first-order valence-electron chi connectivity index (χ1n) is 4.49. The van der Waals surface area contributed by atoms with Gasteiger partial charge in [-0.05, 0) is 25.7 Å². The molecule has 0 aliphatic heterocycles. The molecule has 0 bridgehead atoms. The fraction of sp³-hybridized carbons (Fsp3) is 0.889. The zero-order valence-electron chi connectivity index (χ0n) is 7.62. The van der Waals surface area contributed by atoms with E-state index in [0.717, 1.165) is 6.42 Å². The maximum atomic E-state index is 11.2. The number of hydrogen-bond donors (Lipinski definition) is 1. The minimum atomic E-state index is -0.320. The minimum Gasteiger partial charge on any atom is -0.466 e. The van der Waals surface area contributed by atoms with Gasteiger partial charge in [0.05, 0.1) is 18.6 Å². The molecule has 0 aromatic carbocycles. The van der Waals surface area contributed by atoms with Crippen molar-refractivity contribution in [1.82, 2.24) is 0 Å². The minimum absolute atomic E-state index is 0.0741. The third-order valence-corrected chi connectivity index (χ3v) is 2.46. The van der Waals surface area contributed by atoms with Gasteiger partial charge in [-0.3, -0.25) is 4.79 Å². The molecule has 1 saturated carbocycles. The van der Waals surface area contributed by atoms with Gasteiger partial charge in [0.1, 0.15) is 0 Å². The number of rotatable bonds is 2. The predicted molar refractivity (Wildman–Crippen MR) is 44.5 cm³/mol. The van der Waals surface area contributed by atoms with Crippen molar-refractivity contribution in [3.8, 4) is 0 Å². The molecule has 1 aliphatic rings. The topological polar surface area (TPSA) is 46.5 Å². The van der Waals surface area contributed by atoms with Gasteiger partial charge in [-0.15, -0.1) is 0 Å². The Kier molecular flexibility index (Phi) is 3.09. The lowest BCUT2D eigenvalue weighted by molar-refractivity contribution is -0.148. The highest BCUT2D eigenvalue weighted by Gasteiger charge is 2.34. The number of ether oxygens (including phenoxy) is 1.